The second-order valence-electron chi connectivity index (χ2n) is 7.20. The molecular weight excluding hydrogens is 304 g/mol. The van der Waals surface area contributed by atoms with E-state index in [2.05, 4.69) is 27.3 Å². The molecular formula is C18H28N4O2. The molecule has 2 saturated heterocycles. The van der Waals surface area contributed by atoms with Gasteiger partial charge in [-0.25, -0.2) is 4.79 Å². The van der Waals surface area contributed by atoms with Crippen molar-refractivity contribution in [3.63, 3.8) is 0 Å². The molecule has 1 N–H and O–H groups in total. The van der Waals surface area contributed by atoms with Crippen molar-refractivity contribution in [1.82, 2.24) is 20.1 Å². The van der Waals surface area contributed by atoms with Crippen LogP contribution in [0.1, 0.15) is 31.2 Å². The highest BCUT2D eigenvalue weighted by molar-refractivity contribution is 5.73. The number of likely N-dealkylation sites (tertiary alicyclic amines) is 1. The number of urea groups is 1. The van der Waals surface area contributed by atoms with Gasteiger partial charge in [0, 0.05) is 58.8 Å². The molecule has 24 heavy (non-hydrogen) atoms. The number of aromatic nitrogens is 1. The average molecular weight is 332 g/mol. The highest BCUT2D eigenvalue weighted by Crippen LogP contribution is 2.35. The van der Waals surface area contributed by atoms with Gasteiger partial charge < -0.3 is 15.0 Å². The summed E-state index contributed by atoms with van der Waals surface area (Å²) in [7, 11) is 3.56. The summed E-state index contributed by atoms with van der Waals surface area (Å²) >= 11 is 0. The Bertz CT molecular complexity index is 541. The first-order chi connectivity index (χ1) is 11.6. The molecule has 0 radical (unpaired) electrons. The van der Waals surface area contributed by atoms with Crippen molar-refractivity contribution in [3.8, 4) is 0 Å². The maximum Gasteiger partial charge on any atom is 0.317 e. The minimum Gasteiger partial charge on any atom is -0.375 e. The highest BCUT2D eigenvalue weighted by atomic mass is 16.5. The summed E-state index contributed by atoms with van der Waals surface area (Å²) in [6, 6.07) is 4.37. The molecule has 2 aliphatic rings. The molecule has 0 aromatic carbocycles. The number of amides is 2. The second-order valence-corrected chi connectivity index (χ2v) is 7.20. The Morgan fingerprint density at radius 2 is 2.08 bits per heavy atom. The molecule has 1 spiro atoms. The van der Waals surface area contributed by atoms with Crippen molar-refractivity contribution in [1.29, 1.82) is 0 Å². The SMILES string of the molecule is CN(C)C(=O)N[C@H]1CCOC2(CCN(Cc3ccncc3)CC2)C1. The third-order valence-electron chi connectivity index (χ3n) is 5.15. The van der Waals surface area contributed by atoms with Gasteiger partial charge in [0.05, 0.1) is 5.60 Å². The zero-order chi connectivity index (χ0) is 17.0. The van der Waals surface area contributed by atoms with Gasteiger partial charge in [-0.3, -0.25) is 9.88 Å². The Labute approximate surface area is 144 Å². The molecule has 3 heterocycles. The summed E-state index contributed by atoms with van der Waals surface area (Å²) < 4.78 is 6.18. The fourth-order valence-electron chi connectivity index (χ4n) is 3.67. The van der Waals surface area contributed by atoms with E-state index in [4.69, 9.17) is 4.74 Å². The third kappa shape index (κ3) is 4.24. The van der Waals surface area contributed by atoms with E-state index in [1.807, 2.05) is 12.4 Å². The van der Waals surface area contributed by atoms with Crippen LogP contribution in [0.4, 0.5) is 4.79 Å². The van der Waals surface area contributed by atoms with Gasteiger partial charge in [-0.05, 0) is 43.4 Å². The molecule has 6 nitrogen and oxygen atoms in total. The number of ether oxygens (including phenoxy) is 1. The van der Waals surface area contributed by atoms with Gasteiger partial charge >= 0.3 is 6.03 Å². The number of hydrogen-bond acceptors (Lipinski definition) is 4. The highest BCUT2D eigenvalue weighted by Gasteiger charge is 2.40. The first kappa shape index (κ1) is 17.2. The second kappa shape index (κ2) is 7.49. The largest absolute Gasteiger partial charge is 0.375 e. The van der Waals surface area contributed by atoms with Gasteiger partial charge in [0.1, 0.15) is 0 Å². The fraction of sp³-hybridized carbons (Fsp3) is 0.667. The monoisotopic (exact) mass is 332 g/mol. The zero-order valence-corrected chi connectivity index (χ0v) is 14.7. The van der Waals surface area contributed by atoms with Gasteiger partial charge in [-0.1, -0.05) is 0 Å². The van der Waals surface area contributed by atoms with Crippen molar-refractivity contribution in [2.45, 2.75) is 43.9 Å². The van der Waals surface area contributed by atoms with Crippen molar-refractivity contribution >= 4 is 6.03 Å². The summed E-state index contributed by atoms with van der Waals surface area (Å²) in [5, 5.41) is 3.13. The van der Waals surface area contributed by atoms with E-state index in [0.29, 0.717) is 0 Å². The van der Waals surface area contributed by atoms with Crippen LogP contribution in [0.2, 0.25) is 0 Å². The summed E-state index contributed by atoms with van der Waals surface area (Å²) in [5.74, 6) is 0. The zero-order valence-electron chi connectivity index (χ0n) is 14.7. The Kier molecular flexibility index (Phi) is 5.36. The van der Waals surface area contributed by atoms with Gasteiger partial charge in [0.25, 0.3) is 0 Å². The predicted molar refractivity (Wildman–Crippen MR) is 92.7 cm³/mol. The van der Waals surface area contributed by atoms with Crippen LogP contribution in [-0.2, 0) is 11.3 Å². The Morgan fingerprint density at radius 3 is 2.75 bits per heavy atom. The predicted octanol–water partition coefficient (Wildman–Crippen LogP) is 1.87. The minimum atomic E-state index is -0.0583. The molecule has 1 aromatic rings. The molecule has 0 unspecified atom stereocenters. The number of nitrogens with zero attached hydrogens (tertiary/aromatic N) is 3. The lowest BCUT2D eigenvalue weighted by Crippen LogP contribution is -2.54. The number of pyridine rings is 1. The Morgan fingerprint density at radius 1 is 1.38 bits per heavy atom. The topological polar surface area (TPSA) is 57.7 Å². The van der Waals surface area contributed by atoms with E-state index >= 15 is 0 Å². The van der Waals surface area contributed by atoms with E-state index in [1.165, 1.54) is 5.56 Å². The molecule has 132 valence electrons. The smallest absolute Gasteiger partial charge is 0.317 e. The first-order valence-electron chi connectivity index (χ1n) is 8.79. The third-order valence-corrected chi connectivity index (χ3v) is 5.15. The molecule has 1 atom stereocenters. The summed E-state index contributed by atoms with van der Waals surface area (Å²) in [6.45, 7) is 3.79. The van der Waals surface area contributed by atoms with Crippen LogP contribution in [0, 0.1) is 0 Å². The van der Waals surface area contributed by atoms with Crippen LogP contribution in [0.15, 0.2) is 24.5 Å². The summed E-state index contributed by atoms with van der Waals surface area (Å²) in [4.78, 5) is 20.0. The van der Waals surface area contributed by atoms with Gasteiger partial charge in [-0.2, -0.15) is 0 Å². The number of carbonyl (C=O) groups excluding carboxylic acids is 1. The first-order valence-corrected chi connectivity index (χ1v) is 8.79. The molecule has 0 aliphatic carbocycles. The number of rotatable bonds is 3. The Hall–Kier alpha value is -1.66. The number of hydrogen-bond donors (Lipinski definition) is 1. The van der Waals surface area contributed by atoms with Crippen LogP contribution in [0.5, 0.6) is 0 Å². The summed E-state index contributed by atoms with van der Waals surface area (Å²) in [6.07, 6.45) is 7.60. The van der Waals surface area contributed by atoms with Crippen LogP contribution in [0.3, 0.4) is 0 Å². The lowest BCUT2D eigenvalue weighted by atomic mass is 9.82. The minimum absolute atomic E-state index is 0.00725. The van der Waals surface area contributed by atoms with E-state index in [1.54, 1.807) is 19.0 Å². The van der Waals surface area contributed by atoms with Crippen molar-refractivity contribution in [3.05, 3.63) is 30.1 Å². The van der Waals surface area contributed by atoms with Crippen LogP contribution in [0.25, 0.3) is 0 Å². The lowest BCUT2D eigenvalue weighted by Gasteiger charge is -2.46. The van der Waals surface area contributed by atoms with Crippen molar-refractivity contribution in [2.75, 3.05) is 33.8 Å². The molecule has 3 rings (SSSR count). The number of carbonyl (C=O) groups is 1. The molecule has 1 aromatic heterocycles. The van der Waals surface area contributed by atoms with E-state index in [0.717, 1.165) is 51.9 Å². The van der Waals surface area contributed by atoms with Crippen LogP contribution in [-0.4, -0.2) is 66.2 Å². The van der Waals surface area contributed by atoms with Gasteiger partial charge in [0.15, 0.2) is 0 Å². The van der Waals surface area contributed by atoms with Gasteiger partial charge in [-0.15, -0.1) is 0 Å². The standard InChI is InChI=1S/C18H28N4O2/c1-21(2)17(23)20-16-5-12-24-18(13-16)6-10-22(11-7-18)14-15-3-8-19-9-4-15/h3-4,8-9,16H,5-7,10-14H2,1-2H3,(H,20,23)/t16-/m0/s1. The summed E-state index contributed by atoms with van der Waals surface area (Å²) in [5.41, 5.74) is 1.25. The molecule has 6 heteroatoms. The maximum atomic E-state index is 11.9. The lowest BCUT2D eigenvalue weighted by molar-refractivity contribution is -0.119. The quantitative estimate of drug-likeness (QED) is 0.918. The van der Waals surface area contributed by atoms with E-state index < -0.39 is 0 Å². The van der Waals surface area contributed by atoms with E-state index in [9.17, 15) is 4.79 Å². The molecule has 2 amide bonds. The van der Waals surface area contributed by atoms with Crippen LogP contribution < -0.4 is 5.32 Å². The normalized spacial score (nSPS) is 23.8. The Balaban J connectivity index is 1.51. The fourth-order valence-corrected chi connectivity index (χ4v) is 3.67. The molecule has 0 saturated carbocycles. The van der Waals surface area contributed by atoms with E-state index in [-0.39, 0.29) is 17.7 Å². The maximum absolute atomic E-state index is 11.9. The molecule has 0 bridgehead atoms. The number of piperidine rings is 1. The van der Waals surface area contributed by atoms with Gasteiger partial charge in [0.2, 0.25) is 0 Å². The van der Waals surface area contributed by atoms with Crippen LogP contribution >= 0.6 is 0 Å². The van der Waals surface area contributed by atoms with Crippen molar-refractivity contribution < 1.29 is 9.53 Å². The average Bonchev–Trinajstić information content (AvgIpc) is 2.58. The molecule has 2 aliphatic heterocycles. The van der Waals surface area contributed by atoms with Crippen molar-refractivity contribution in [2.24, 2.45) is 0 Å². The number of nitrogens with one attached hydrogen (secondary N) is 1. The molecule has 2 fully saturated rings.